The monoisotopic (exact) mass is 432 g/mol. The molecule has 7 heteroatoms. The van der Waals surface area contributed by atoms with Crippen LogP contribution in [-0.2, 0) is 10.0 Å². The molecule has 1 aliphatic rings. The lowest BCUT2D eigenvalue weighted by Gasteiger charge is -2.33. The minimum Gasteiger partial charge on any atom is -0.328 e. The zero-order chi connectivity index (χ0) is 16.6. The molecule has 1 fully saturated rings. The number of rotatable bonds is 3. The van der Waals surface area contributed by atoms with E-state index in [1.165, 1.54) is 0 Å². The maximum absolute atomic E-state index is 12.9. The molecule has 2 aromatic carbocycles. The van der Waals surface area contributed by atoms with Gasteiger partial charge in [-0.15, -0.1) is 12.4 Å². The number of nitrogens with two attached hydrogens (primary N) is 1. The summed E-state index contributed by atoms with van der Waals surface area (Å²) in [5.41, 5.74) is 5.94. The van der Waals surface area contributed by atoms with Crippen molar-refractivity contribution in [3.05, 3.63) is 40.9 Å². The molecule has 0 bridgehead atoms. The molecule has 1 heterocycles. The van der Waals surface area contributed by atoms with Crippen molar-refractivity contribution >= 4 is 49.1 Å². The molecule has 2 aromatic rings. The standard InChI is InChI=1S/C17H21BrN2O2S.ClH/c1-12(19)13-6-8-20(9-7-13)23(21,22)17-5-3-14-10-16(18)4-2-15(14)11-17;/h2-5,10-13H,6-9,19H2,1H3;1H. The minimum absolute atomic E-state index is 0. The molecule has 1 saturated heterocycles. The Morgan fingerprint density at radius 2 is 1.71 bits per heavy atom. The summed E-state index contributed by atoms with van der Waals surface area (Å²) in [6.45, 7) is 3.09. The summed E-state index contributed by atoms with van der Waals surface area (Å²) in [7, 11) is -3.43. The quantitative estimate of drug-likeness (QED) is 0.801. The lowest BCUT2D eigenvalue weighted by atomic mass is 9.92. The van der Waals surface area contributed by atoms with Crippen molar-refractivity contribution in [3.63, 3.8) is 0 Å². The van der Waals surface area contributed by atoms with Crippen LogP contribution in [0.5, 0.6) is 0 Å². The largest absolute Gasteiger partial charge is 0.328 e. The van der Waals surface area contributed by atoms with Crippen LogP contribution >= 0.6 is 28.3 Å². The summed E-state index contributed by atoms with van der Waals surface area (Å²) >= 11 is 3.43. The molecule has 4 nitrogen and oxygen atoms in total. The number of benzene rings is 2. The van der Waals surface area contributed by atoms with E-state index in [-0.39, 0.29) is 18.4 Å². The van der Waals surface area contributed by atoms with Gasteiger partial charge in [-0.3, -0.25) is 0 Å². The van der Waals surface area contributed by atoms with E-state index >= 15 is 0 Å². The highest BCUT2D eigenvalue weighted by Gasteiger charge is 2.30. The predicted molar refractivity (Wildman–Crippen MR) is 104 cm³/mol. The molecular weight excluding hydrogens is 412 g/mol. The second-order valence-corrected chi connectivity index (χ2v) is 9.11. The maximum Gasteiger partial charge on any atom is 0.243 e. The Morgan fingerprint density at radius 1 is 1.12 bits per heavy atom. The summed E-state index contributed by atoms with van der Waals surface area (Å²) in [5.74, 6) is 0.412. The number of sulfonamides is 1. The lowest BCUT2D eigenvalue weighted by Crippen LogP contribution is -2.42. The molecule has 0 aliphatic carbocycles. The van der Waals surface area contributed by atoms with Gasteiger partial charge in [0.1, 0.15) is 0 Å². The van der Waals surface area contributed by atoms with Gasteiger partial charge in [0.15, 0.2) is 0 Å². The van der Waals surface area contributed by atoms with Crippen LogP contribution in [0.2, 0.25) is 0 Å². The smallest absolute Gasteiger partial charge is 0.243 e. The van der Waals surface area contributed by atoms with Crippen LogP contribution in [0, 0.1) is 5.92 Å². The van der Waals surface area contributed by atoms with Crippen LogP contribution in [0.15, 0.2) is 45.8 Å². The van der Waals surface area contributed by atoms with Crippen LogP contribution in [0.3, 0.4) is 0 Å². The Labute approximate surface area is 158 Å². The normalized spacial score (nSPS) is 18.3. The molecule has 0 amide bonds. The Kier molecular flexibility index (Phi) is 6.31. The molecule has 0 spiro atoms. The molecule has 24 heavy (non-hydrogen) atoms. The van der Waals surface area contributed by atoms with Gasteiger partial charge in [-0.2, -0.15) is 4.31 Å². The number of piperidine rings is 1. The Hall–Kier alpha value is -0.660. The van der Waals surface area contributed by atoms with Gasteiger partial charge < -0.3 is 5.73 Å². The summed E-state index contributed by atoms with van der Waals surface area (Å²) in [4.78, 5) is 0.367. The van der Waals surface area contributed by atoms with Gasteiger partial charge in [0.25, 0.3) is 0 Å². The number of nitrogens with zero attached hydrogens (tertiary/aromatic N) is 1. The first kappa shape index (κ1) is 19.7. The van der Waals surface area contributed by atoms with E-state index in [0.717, 1.165) is 28.1 Å². The highest BCUT2D eigenvalue weighted by atomic mass is 79.9. The van der Waals surface area contributed by atoms with E-state index in [1.807, 2.05) is 31.2 Å². The van der Waals surface area contributed by atoms with E-state index in [4.69, 9.17) is 5.73 Å². The van der Waals surface area contributed by atoms with Crippen molar-refractivity contribution in [3.8, 4) is 0 Å². The fourth-order valence-electron chi connectivity index (χ4n) is 3.15. The molecule has 2 N–H and O–H groups in total. The van der Waals surface area contributed by atoms with Gasteiger partial charge in [-0.1, -0.05) is 28.1 Å². The Balaban J connectivity index is 0.00000208. The van der Waals surface area contributed by atoms with Crippen molar-refractivity contribution in [2.75, 3.05) is 13.1 Å². The van der Waals surface area contributed by atoms with Crippen molar-refractivity contribution < 1.29 is 8.42 Å². The SMILES string of the molecule is CC(N)C1CCN(S(=O)(=O)c2ccc3cc(Br)ccc3c2)CC1.Cl. The number of halogens is 2. The predicted octanol–water partition coefficient (Wildman–Crippen LogP) is 3.77. The fourth-order valence-corrected chi connectivity index (χ4v) is 5.03. The minimum atomic E-state index is -3.43. The van der Waals surface area contributed by atoms with Crippen LogP contribution in [0.25, 0.3) is 10.8 Å². The summed E-state index contributed by atoms with van der Waals surface area (Å²) in [6, 6.07) is 11.3. The van der Waals surface area contributed by atoms with Gasteiger partial charge in [0, 0.05) is 23.6 Å². The van der Waals surface area contributed by atoms with E-state index in [1.54, 1.807) is 16.4 Å². The molecule has 1 aliphatic heterocycles. The first-order chi connectivity index (χ1) is 10.9. The van der Waals surface area contributed by atoms with Crippen LogP contribution in [0.1, 0.15) is 19.8 Å². The Morgan fingerprint density at radius 3 is 2.33 bits per heavy atom. The average Bonchev–Trinajstić information content (AvgIpc) is 2.54. The molecule has 132 valence electrons. The topological polar surface area (TPSA) is 63.4 Å². The van der Waals surface area contributed by atoms with Crippen LogP contribution in [-0.4, -0.2) is 31.9 Å². The first-order valence-corrected chi connectivity index (χ1v) is 10.1. The van der Waals surface area contributed by atoms with E-state index < -0.39 is 10.0 Å². The highest BCUT2D eigenvalue weighted by molar-refractivity contribution is 9.10. The van der Waals surface area contributed by atoms with Gasteiger partial charge >= 0.3 is 0 Å². The average molecular weight is 434 g/mol. The molecule has 0 saturated carbocycles. The fraction of sp³-hybridized carbons (Fsp3) is 0.412. The third-order valence-corrected chi connectivity index (χ3v) is 7.04. The van der Waals surface area contributed by atoms with E-state index in [2.05, 4.69) is 15.9 Å². The van der Waals surface area contributed by atoms with Crippen molar-refractivity contribution in [1.82, 2.24) is 4.31 Å². The summed E-state index contributed by atoms with van der Waals surface area (Å²) < 4.78 is 28.3. The van der Waals surface area contributed by atoms with Crippen molar-refractivity contribution in [2.24, 2.45) is 11.7 Å². The number of hydrogen-bond acceptors (Lipinski definition) is 3. The van der Waals surface area contributed by atoms with Gasteiger partial charge in [-0.25, -0.2) is 8.42 Å². The zero-order valence-electron chi connectivity index (χ0n) is 13.5. The molecule has 0 aromatic heterocycles. The lowest BCUT2D eigenvalue weighted by molar-refractivity contribution is 0.251. The van der Waals surface area contributed by atoms with Crippen molar-refractivity contribution in [2.45, 2.75) is 30.7 Å². The molecule has 1 unspecified atom stereocenters. The second-order valence-electron chi connectivity index (χ2n) is 6.25. The van der Waals surface area contributed by atoms with Gasteiger partial charge in [0.05, 0.1) is 4.90 Å². The van der Waals surface area contributed by atoms with Gasteiger partial charge in [-0.05, 0) is 60.7 Å². The number of hydrogen-bond donors (Lipinski definition) is 1. The van der Waals surface area contributed by atoms with Crippen LogP contribution < -0.4 is 5.73 Å². The summed E-state index contributed by atoms with van der Waals surface area (Å²) in [6.07, 6.45) is 1.66. The molecule has 0 radical (unpaired) electrons. The third kappa shape index (κ3) is 3.94. The second kappa shape index (κ2) is 7.70. The summed E-state index contributed by atoms with van der Waals surface area (Å²) in [5, 5.41) is 1.95. The molecular formula is C17H22BrClN2O2S. The molecule has 1 atom stereocenters. The third-order valence-electron chi connectivity index (χ3n) is 4.65. The molecule has 3 rings (SSSR count). The number of fused-ring (bicyclic) bond motifs is 1. The first-order valence-electron chi connectivity index (χ1n) is 7.83. The Bertz CT molecular complexity index is 818. The highest BCUT2D eigenvalue weighted by Crippen LogP contribution is 2.28. The van der Waals surface area contributed by atoms with Crippen molar-refractivity contribution in [1.29, 1.82) is 0 Å². The van der Waals surface area contributed by atoms with Crippen LogP contribution in [0.4, 0.5) is 0 Å². The maximum atomic E-state index is 12.9. The van der Waals surface area contributed by atoms with Gasteiger partial charge in [0.2, 0.25) is 10.0 Å². The van der Waals surface area contributed by atoms with E-state index in [0.29, 0.717) is 23.9 Å². The zero-order valence-corrected chi connectivity index (χ0v) is 16.7. The van der Waals surface area contributed by atoms with E-state index in [9.17, 15) is 8.42 Å².